The summed E-state index contributed by atoms with van der Waals surface area (Å²) in [5.74, 6) is -1.35. The first-order chi connectivity index (χ1) is 25.8. The van der Waals surface area contributed by atoms with Crippen LogP contribution in [0.15, 0.2) is 77.9 Å². The van der Waals surface area contributed by atoms with Crippen LogP contribution in [0.25, 0.3) is 16.9 Å². The third-order valence-electron chi connectivity index (χ3n) is 8.16. The Bertz CT molecular complexity index is 2300. The van der Waals surface area contributed by atoms with E-state index in [1.165, 1.54) is 15.2 Å². The molecule has 9 unspecified atom stereocenters. The number of rotatable bonds is 17. The SMILES string of the molecule is Cc1cccc(-c2cn3c(=O)n(C4OC(COP(=O)(O)OP(=O)(O)OP(=O)(O)OP(=O)(O)CCCC(=O)O)C5OC(Cc6ccccc6)OC54)ccc3n2)c1. The normalized spacial score (nSPS) is 25.4. The zero-order valence-corrected chi connectivity index (χ0v) is 32.1. The number of benzene rings is 2. The van der Waals surface area contributed by atoms with Crippen molar-refractivity contribution in [2.24, 2.45) is 0 Å². The second-order valence-electron chi connectivity index (χ2n) is 12.4. The van der Waals surface area contributed by atoms with E-state index in [1.807, 2.05) is 61.5 Å². The summed E-state index contributed by atoms with van der Waals surface area (Å²) in [6, 6.07) is 18.2. The lowest BCUT2D eigenvalue weighted by molar-refractivity contribution is -0.150. The number of nitrogens with zero attached hydrogens (tertiary/aromatic N) is 3. The number of hydrogen-bond donors (Lipinski definition) is 5. The molecule has 5 N–H and O–H groups in total. The molecule has 2 aromatic heterocycles. The fourth-order valence-electron chi connectivity index (χ4n) is 5.91. The van der Waals surface area contributed by atoms with Crippen LogP contribution in [-0.4, -0.2) is 82.0 Å². The minimum Gasteiger partial charge on any atom is -0.481 e. The molecule has 4 heterocycles. The van der Waals surface area contributed by atoms with Crippen molar-refractivity contribution in [3.8, 4) is 11.3 Å². The van der Waals surface area contributed by atoms with Gasteiger partial charge in [-0.1, -0.05) is 54.1 Å². The van der Waals surface area contributed by atoms with Gasteiger partial charge < -0.3 is 38.9 Å². The van der Waals surface area contributed by atoms with Gasteiger partial charge in [0.05, 0.1) is 18.5 Å². The molecule has 2 aliphatic heterocycles. The molecule has 0 bridgehead atoms. The average Bonchev–Trinajstić information content (AvgIpc) is 3.77. The van der Waals surface area contributed by atoms with Crippen molar-refractivity contribution in [2.75, 3.05) is 12.8 Å². The molecule has 4 aromatic rings. The van der Waals surface area contributed by atoms with Gasteiger partial charge >= 0.3 is 42.7 Å². The van der Waals surface area contributed by atoms with Crippen molar-refractivity contribution in [2.45, 2.75) is 57.0 Å². The highest BCUT2D eigenvalue weighted by atomic mass is 31.3. The number of ether oxygens (including phenoxy) is 3. The first-order valence-corrected chi connectivity index (χ1v) is 22.5. The zero-order valence-electron chi connectivity index (χ0n) is 28.5. The quantitative estimate of drug-likeness (QED) is 0.0933. The Labute approximate surface area is 311 Å². The van der Waals surface area contributed by atoms with Crippen LogP contribution in [0.5, 0.6) is 0 Å². The number of aryl methyl sites for hydroxylation is 1. The number of imidazole rings is 1. The van der Waals surface area contributed by atoms with Crippen molar-refractivity contribution in [3.05, 3.63) is 94.7 Å². The topological polar surface area (TPSA) is 290 Å². The number of phosphoric ester groups is 1. The molecule has 298 valence electrons. The first kappa shape index (κ1) is 41.4. The standard InChI is InChI=1S/C30H35N3O18P4/c1-19-7-5-10-21(15-19)22-17-33-24(31-22)12-13-32(30(33)36)29-28-27(47-26(48-28)16-20-8-3-2-4-9-20)23(46-29)18-45-53(39,40)50-55(43,44)51-54(41,42)49-52(37,38)14-6-11-25(34)35/h2-5,7-10,12-13,15,17,23,26-29H,6,11,14,16,18H2,1H3,(H,34,35)(H,37,38)(H,39,40)(H,41,42)(H,43,44). The summed E-state index contributed by atoms with van der Waals surface area (Å²) >= 11 is 0. The predicted octanol–water partition coefficient (Wildman–Crippen LogP) is 4.14. The summed E-state index contributed by atoms with van der Waals surface area (Å²) < 4.78 is 87.3. The minimum atomic E-state index is -6.06. The Morgan fingerprint density at radius 3 is 2.27 bits per heavy atom. The van der Waals surface area contributed by atoms with Crippen molar-refractivity contribution < 1.29 is 79.4 Å². The van der Waals surface area contributed by atoms with Crippen LogP contribution in [0.1, 0.15) is 30.2 Å². The largest absolute Gasteiger partial charge is 0.490 e. The van der Waals surface area contributed by atoms with Crippen LogP contribution in [0.4, 0.5) is 0 Å². The third kappa shape index (κ3) is 10.6. The number of aliphatic carboxylic acids is 1. The van der Waals surface area contributed by atoms with Gasteiger partial charge in [-0.05, 0) is 31.0 Å². The number of carboxylic acid groups (broad SMARTS) is 1. The molecule has 2 aliphatic rings. The van der Waals surface area contributed by atoms with Crippen LogP contribution in [-0.2, 0) is 61.1 Å². The van der Waals surface area contributed by atoms with Crippen molar-refractivity contribution >= 4 is 42.7 Å². The van der Waals surface area contributed by atoms with Gasteiger partial charge in [0.25, 0.3) is 0 Å². The summed E-state index contributed by atoms with van der Waals surface area (Å²) in [5.41, 5.74) is 2.90. The summed E-state index contributed by atoms with van der Waals surface area (Å²) in [6.07, 6.45) is -4.20. The molecule has 0 amide bonds. The minimum absolute atomic E-state index is 0.264. The van der Waals surface area contributed by atoms with Gasteiger partial charge in [-0.3, -0.25) is 22.9 Å². The summed E-state index contributed by atoms with van der Waals surface area (Å²) in [5, 5.41) is 8.65. The number of fused-ring (bicyclic) bond motifs is 2. The van der Waals surface area contributed by atoms with Gasteiger partial charge in [0, 0.05) is 30.8 Å². The molecule has 0 aliphatic carbocycles. The van der Waals surface area contributed by atoms with Crippen LogP contribution in [0, 0.1) is 6.92 Å². The van der Waals surface area contributed by atoms with E-state index in [1.54, 1.807) is 12.3 Å². The lowest BCUT2D eigenvalue weighted by atomic mass is 10.1. The number of aromatic nitrogens is 3. The summed E-state index contributed by atoms with van der Waals surface area (Å²) in [4.78, 5) is 68.8. The number of phosphoric acid groups is 3. The van der Waals surface area contributed by atoms with Gasteiger partial charge in [-0.25, -0.2) is 27.8 Å². The molecule has 2 saturated heterocycles. The summed E-state index contributed by atoms with van der Waals surface area (Å²) in [6.45, 7) is 1.03. The molecule has 0 radical (unpaired) electrons. The maximum absolute atomic E-state index is 13.8. The Morgan fingerprint density at radius 2 is 1.56 bits per heavy atom. The first-order valence-electron chi connectivity index (χ1n) is 16.3. The molecule has 9 atom stereocenters. The molecule has 2 aromatic carbocycles. The molecule has 25 heteroatoms. The van der Waals surface area contributed by atoms with Crippen molar-refractivity contribution in [3.63, 3.8) is 0 Å². The fraction of sp³-hybridized carbons (Fsp3) is 0.367. The van der Waals surface area contributed by atoms with Gasteiger partial charge in [0.2, 0.25) is 0 Å². The number of carbonyl (C=O) groups is 1. The van der Waals surface area contributed by atoms with Crippen molar-refractivity contribution in [1.82, 2.24) is 14.0 Å². The lowest BCUT2D eigenvalue weighted by Crippen LogP contribution is -2.35. The predicted molar refractivity (Wildman–Crippen MR) is 187 cm³/mol. The van der Waals surface area contributed by atoms with E-state index in [-0.39, 0.29) is 6.42 Å². The van der Waals surface area contributed by atoms with Crippen LogP contribution < -0.4 is 5.69 Å². The molecule has 6 rings (SSSR count). The Balaban J connectivity index is 1.18. The van der Waals surface area contributed by atoms with E-state index in [4.69, 9.17) is 23.8 Å². The maximum Gasteiger partial charge on any atom is 0.490 e. The van der Waals surface area contributed by atoms with Gasteiger partial charge in [0.15, 0.2) is 12.5 Å². The molecule has 0 saturated carbocycles. The van der Waals surface area contributed by atoms with E-state index in [0.29, 0.717) is 11.3 Å². The molecule has 21 nitrogen and oxygen atoms in total. The molecular formula is C30H35N3O18P4. The van der Waals surface area contributed by atoms with Crippen LogP contribution in [0.2, 0.25) is 0 Å². The smallest absolute Gasteiger partial charge is 0.481 e. The second kappa shape index (κ2) is 16.3. The average molecular weight is 850 g/mol. The Kier molecular flexibility index (Phi) is 12.3. The van der Waals surface area contributed by atoms with Crippen LogP contribution in [0.3, 0.4) is 0 Å². The molecule has 2 fully saturated rings. The van der Waals surface area contributed by atoms with Gasteiger partial charge in [0.1, 0.15) is 24.0 Å². The maximum atomic E-state index is 13.8. The van der Waals surface area contributed by atoms with Crippen molar-refractivity contribution in [1.29, 1.82) is 0 Å². The van der Waals surface area contributed by atoms with Gasteiger partial charge in [-0.15, -0.1) is 0 Å². The highest BCUT2D eigenvalue weighted by molar-refractivity contribution is 7.70. The number of carboxylic acids is 1. The molecule has 55 heavy (non-hydrogen) atoms. The van der Waals surface area contributed by atoms with E-state index in [2.05, 4.69) is 17.9 Å². The zero-order chi connectivity index (χ0) is 39.8. The number of hydrogen-bond acceptors (Lipinski definition) is 14. The highest BCUT2D eigenvalue weighted by Gasteiger charge is 2.55. The van der Waals surface area contributed by atoms with E-state index in [0.717, 1.165) is 16.7 Å². The Morgan fingerprint density at radius 1 is 0.873 bits per heavy atom. The monoisotopic (exact) mass is 849 g/mol. The van der Waals surface area contributed by atoms with E-state index < -0.39 is 99.2 Å². The second-order valence-corrected chi connectivity index (χ2v) is 19.2. The van der Waals surface area contributed by atoms with Gasteiger partial charge in [-0.2, -0.15) is 8.62 Å². The highest BCUT2D eigenvalue weighted by Crippen LogP contribution is 2.71. The Hall–Kier alpha value is -3.19. The third-order valence-corrected chi connectivity index (χ3v) is 14.7. The summed E-state index contributed by atoms with van der Waals surface area (Å²) in [7, 11) is -22.8. The lowest BCUT2D eigenvalue weighted by Gasteiger charge is -2.23. The van der Waals surface area contributed by atoms with Crippen LogP contribution >= 0.6 is 31.1 Å². The van der Waals surface area contributed by atoms with E-state index in [9.17, 15) is 47.4 Å². The molecular weight excluding hydrogens is 814 g/mol. The fourth-order valence-corrected chi connectivity index (χ4v) is 11.5. The molecule has 0 spiro atoms. The van der Waals surface area contributed by atoms with E-state index >= 15 is 0 Å².